The van der Waals surface area contributed by atoms with Crippen molar-refractivity contribution in [2.75, 3.05) is 0 Å². The van der Waals surface area contributed by atoms with Crippen molar-refractivity contribution in [3.8, 4) is 0 Å². The second-order valence-electron chi connectivity index (χ2n) is 2.79. The maximum Gasteiger partial charge on any atom is 0.126 e. The second kappa shape index (κ2) is 4.51. The van der Waals surface area contributed by atoms with E-state index in [1.54, 1.807) is 0 Å². The zero-order valence-electron chi connectivity index (χ0n) is 6.99. The largest absolute Gasteiger partial charge is 0.207 e. The second-order valence-corrected chi connectivity index (χ2v) is 3.92. The number of benzene rings is 1. The molecule has 0 radical (unpaired) electrons. The number of halogens is 3. The molecule has 0 atom stereocenters. The topological polar surface area (TPSA) is 0 Å². The minimum Gasteiger partial charge on any atom is -0.207 e. The highest BCUT2D eigenvalue weighted by Gasteiger charge is 2.00. The Balaban J connectivity index is 2.71. The molecule has 0 aliphatic carbocycles. The van der Waals surface area contributed by atoms with Gasteiger partial charge in [0.05, 0.1) is 0 Å². The maximum absolute atomic E-state index is 12.7. The van der Waals surface area contributed by atoms with E-state index in [-0.39, 0.29) is 0 Å². The maximum atomic E-state index is 12.7. The monoisotopic (exact) mass is 246 g/mol. The van der Waals surface area contributed by atoms with Crippen LogP contribution < -0.4 is 0 Å². The van der Waals surface area contributed by atoms with Crippen molar-refractivity contribution >= 4 is 15.9 Å². The van der Waals surface area contributed by atoms with Gasteiger partial charge >= 0.3 is 0 Å². The van der Waals surface area contributed by atoms with Crippen molar-refractivity contribution in [3.63, 3.8) is 0 Å². The molecule has 13 heavy (non-hydrogen) atoms. The third kappa shape index (κ3) is 3.68. The van der Waals surface area contributed by atoms with E-state index in [2.05, 4.69) is 22.5 Å². The van der Waals surface area contributed by atoms with Crippen molar-refractivity contribution in [3.05, 3.63) is 46.5 Å². The smallest absolute Gasteiger partial charge is 0.126 e. The Bertz CT molecular complexity index is 300. The van der Waals surface area contributed by atoms with Crippen molar-refractivity contribution in [2.24, 2.45) is 0 Å². The molecule has 0 saturated carbocycles. The predicted molar refractivity (Wildman–Crippen MR) is 52.7 cm³/mol. The van der Waals surface area contributed by atoms with E-state index < -0.39 is 11.6 Å². The van der Waals surface area contributed by atoms with Gasteiger partial charge in [-0.15, -0.1) is 0 Å². The van der Waals surface area contributed by atoms with Gasteiger partial charge in [-0.05, 0) is 35.0 Å². The predicted octanol–water partition coefficient (Wildman–Crippen LogP) is 3.81. The number of rotatable bonds is 3. The molecule has 3 heteroatoms. The molecule has 0 nitrogen and oxygen atoms in total. The molecule has 0 aromatic heterocycles. The normalized spacial score (nSPS) is 10.1. The Morgan fingerprint density at radius 3 is 2.23 bits per heavy atom. The molecule has 0 bridgehead atoms. The molecule has 1 aromatic rings. The van der Waals surface area contributed by atoms with E-state index in [0.29, 0.717) is 18.4 Å². The quantitative estimate of drug-likeness (QED) is 0.761. The van der Waals surface area contributed by atoms with Gasteiger partial charge in [-0.2, -0.15) is 0 Å². The van der Waals surface area contributed by atoms with Crippen LogP contribution in [0.25, 0.3) is 0 Å². The highest BCUT2D eigenvalue weighted by atomic mass is 79.9. The lowest BCUT2D eigenvalue weighted by atomic mass is 10.1. The third-order valence-corrected chi connectivity index (χ3v) is 2.00. The van der Waals surface area contributed by atoms with Crippen LogP contribution >= 0.6 is 15.9 Å². The van der Waals surface area contributed by atoms with Gasteiger partial charge < -0.3 is 0 Å². The summed E-state index contributed by atoms with van der Waals surface area (Å²) in [5, 5.41) is 0. The van der Waals surface area contributed by atoms with E-state index in [1.165, 1.54) is 12.1 Å². The summed E-state index contributed by atoms with van der Waals surface area (Å²) >= 11 is 3.19. The van der Waals surface area contributed by atoms with Crippen LogP contribution in [0.4, 0.5) is 8.78 Å². The average Bonchev–Trinajstić information content (AvgIpc) is 1.99. The first kappa shape index (κ1) is 10.4. The third-order valence-electron chi connectivity index (χ3n) is 1.61. The molecule has 1 aromatic carbocycles. The van der Waals surface area contributed by atoms with Crippen molar-refractivity contribution < 1.29 is 8.78 Å². The van der Waals surface area contributed by atoms with Gasteiger partial charge in [0, 0.05) is 6.07 Å². The molecule has 70 valence electrons. The molecule has 0 unspecified atom stereocenters. The fraction of sp³-hybridized carbons (Fsp3) is 0.200. The lowest BCUT2D eigenvalue weighted by Gasteiger charge is -2.00. The van der Waals surface area contributed by atoms with Gasteiger partial charge in [0.1, 0.15) is 11.6 Å². The molecule has 0 fully saturated rings. The summed E-state index contributed by atoms with van der Waals surface area (Å²) in [5.41, 5.74) is 0.651. The van der Waals surface area contributed by atoms with E-state index >= 15 is 0 Å². The average molecular weight is 247 g/mol. The highest BCUT2D eigenvalue weighted by Crippen LogP contribution is 2.14. The minimum absolute atomic E-state index is 0.532. The van der Waals surface area contributed by atoms with Crippen LogP contribution in [-0.4, -0.2) is 0 Å². The number of hydrogen-bond donors (Lipinski definition) is 0. The zero-order chi connectivity index (χ0) is 9.84. The number of aryl methyl sites for hydroxylation is 1. The molecule has 0 aliphatic rings. The summed E-state index contributed by atoms with van der Waals surface area (Å²) in [4.78, 5) is 0. The van der Waals surface area contributed by atoms with Crippen LogP contribution in [0.1, 0.15) is 12.0 Å². The lowest BCUT2D eigenvalue weighted by Crippen LogP contribution is -1.89. The van der Waals surface area contributed by atoms with Crippen molar-refractivity contribution in [2.45, 2.75) is 12.8 Å². The van der Waals surface area contributed by atoms with Crippen LogP contribution in [0, 0.1) is 11.6 Å². The summed E-state index contributed by atoms with van der Waals surface area (Å²) < 4.78 is 26.2. The number of hydrogen-bond acceptors (Lipinski definition) is 0. The first-order valence-corrected chi connectivity index (χ1v) is 4.65. The Morgan fingerprint density at radius 2 is 1.77 bits per heavy atom. The van der Waals surface area contributed by atoms with E-state index in [9.17, 15) is 8.78 Å². The fourth-order valence-corrected chi connectivity index (χ4v) is 1.23. The Morgan fingerprint density at radius 1 is 1.23 bits per heavy atom. The van der Waals surface area contributed by atoms with Gasteiger partial charge in [0.2, 0.25) is 0 Å². The van der Waals surface area contributed by atoms with E-state index in [1.807, 2.05) is 0 Å². The van der Waals surface area contributed by atoms with Crippen LogP contribution in [0.5, 0.6) is 0 Å². The molecule has 0 aliphatic heterocycles. The summed E-state index contributed by atoms with van der Waals surface area (Å²) in [7, 11) is 0. The van der Waals surface area contributed by atoms with E-state index in [4.69, 9.17) is 0 Å². The van der Waals surface area contributed by atoms with Crippen LogP contribution in [-0.2, 0) is 6.42 Å². The van der Waals surface area contributed by atoms with Crippen LogP contribution in [0.2, 0.25) is 0 Å². The van der Waals surface area contributed by atoms with Gasteiger partial charge in [-0.3, -0.25) is 0 Å². The summed E-state index contributed by atoms with van der Waals surface area (Å²) in [6.07, 6.45) is 1.28. The molecule has 0 heterocycles. The zero-order valence-corrected chi connectivity index (χ0v) is 8.57. The summed E-state index contributed by atoms with van der Waals surface area (Å²) in [6, 6.07) is 3.53. The first-order chi connectivity index (χ1) is 6.08. The molecular weight excluding hydrogens is 238 g/mol. The summed E-state index contributed by atoms with van der Waals surface area (Å²) in [5.74, 6) is -1.06. The van der Waals surface area contributed by atoms with Crippen LogP contribution in [0.15, 0.2) is 29.3 Å². The Kier molecular flexibility index (Phi) is 3.60. The Hall–Kier alpha value is -0.700. The lowest BCUT2D eigenvalue weighted by molar-refractivity contribution is 0.579. The van der Waals surface area contributed by atoms with E-state index in [0.717, 1.165) is 10.5 Å². The molecule has 0 saturated heterocycles. The molecule has 0 amide bonds. The van der Waals surface area contributed by atoms with Gasteiger partial charge in [0.15, 0.2) is 0 Å². The highest BCUT2D eigenvalue weighted by molar-refractivity contribution is 9.11. The van der Waals surface area contributed by atoms with Gasteiger partial charge in [-0.1, -0.05) is 22.5 Å². The molecule has 0 N–H and O–H groups in total. The Labute approximate surface area is 84.4 Å². The van der Waals surface area contributed by atoms with Crippen molar-refractivity contribution in [1.29, 1.82) is 0 Å². The minimum atomic E-state index is -0.532. The molecule has 0 spiro atoms. The first-order valence-electron chi connectivity index (χ1n) is 3.86. The van der Waals surface area contributed by atoms with Gasteiger partial charge in [0.25, 0.3) is 0 Å². The van der Waals surface area contributed by atoms with Crippen LogP contribution in [0.3, 0.4) is 0 Å². The summed E-state index contributed by atoms with van der Waals surface area (Å²) in [6.45, 7) is 3.64. The number of allylic oxidation sites excluding steroid dienone is 1. The standard InChI is InChI=1S/C10H9BrF2/c1-7(11)2-3-8-4-9(12)6-10(13)5-8/h4-6H,1-3H2. The van der Waals surface area contributed by atoms with Crippen molar-refractivity contribution in [1.82, 2.24) is 0 Å². The van der Waals surface area contributed by atoms with Gasteiger partial charge in [-0.25, -0.2) is 8.78 Å². The fourth-order valence-electron chi connectivity index (χ4n) is 1.04. The SMILES string of the molecule is C=C(Br)CCc1cc(F)cc(F)c1. The molecular formula is C10H9BrF2. The molecule has 1 rings (SSSR count).